The van der Waals surface area contributed by atoms with Crippen LogP contribution in [0.4, 0.5) is 4.39 Å². The highest BCUT2D eigenvalue weighted by Gasteiger charge is 2.21. The van der Waals surface area contributed by atoms with Gasteiger partial charge in [0.05, 0.1) is 11.6 Å². The van der Waals surface area contributed by atoms with E-state index in [-0.39, 0.29) is 42.0 Å². The Bertz CT molecular complexity index is 1020. The van der Waals surface area contributed by atoms with Gasteiger partial charge in [0.2, 0.25) is 5.82 Å². The van der Waals surface area contributed by atoms with Gasteiger partial charge in [-0.2, -0.15) is 0 Å². The molecule has 3 rings (SSSR count). The molecule has 0 aliphatic heterocycles. The van der Waals surface area contributed by atoms with Crippen LogP contribution >= 0.6 is 11.6 Å². The molecule has 0 amide bonds. The molecule has 0 saturated heterocycles. The molecule has 0 spiro atoms. The summed E-state index contributed by atoms with van der Waals surface area (Å²) in [6.07, 6.45) is 0.870. The molecular weight excluding hydrogens is 397 g/mol. The number of esters is 1. The minimum absolute atomic E-state index is 0.0325. The first-order valence-electron chi connectivity index (χ1n) is 9.11. The van der Waals surface area contributed by atoms with Gasteiger partial charge in [-0.15, -0.1) is 5.10 Å². The van der Waals surface area contributed by atoms with E-state index in [0.717, 1.165) is 5.56 Å². The Kier molecular flexibility index (Phi) is 6.72. The van der Waals surface area contributed by atoms with Crippen molar-refractivity contribution in [3.8, 4) is 11.4 Å². The number of rotatable bonds is 8. The van der Waals surface area contributed by atoms with Crippen molar-refractivity contribution in [1.29, 1.82) is 0 Å². The van der Waals surface area contributed by atoms with Crippen molar-refractivity contribution in [2.45, 2.75) is 26.3 Å². The van der Waals surface area contributed by atoms with E-state index in [1.807, 2.05) is 30.3 Å². The van der Waals surface area contributed by atoms with Crippen molar-refractivity contribution in [2.75, 3.05) is 6.61 Å². The number of ether oxygens (including phenoxy) is 1. The number of halogens is 2. The van der Waals surface area contributed by atoms with Crippen molar-refractivity contribution < 1.29 is 18.7 Å². The maximum atomic E-state index is 13.8. The molecule has 6 nitrogen and oxygen atoms in total. The molecule has 0 N–H and O–H groups in total. The lowest BCUT2D eigenvalue weighted by Crippen LogP contribution is -2.19. The van der Waals surface area contributed by atoms with Crippen LogP contribution in [0.1, 0.15) is 29.5 Å². The molecular formula is C21H19ClFN3O3. The Morgan fingerprint density at radius 3 is 2.62 bits per heavy atom. The molecule has 0 radical (unpaired) electrons. The van der Waals surface area contributed by atoms with E-state index in [2.05, 4.69) is 10.1 Å². The average Bonchev–Trinajstić information content (AvgIpc) is 3.13. The van der Waals surface area contributed by atoms with Gasteiger partial charge < -0.3 is 4.74 Å². The summed E-state index contributed by atoms with van der Waals surface area (Å²) >= 11 is 5.71. The maximum absolute atomic E-state index is 13.8. The molecule has 1 heterocycles. The van der Waals surface area contributed by atoms with Gasteiger partial charge in [0.15, 0.2) is 11.6 Å². The van der Waals surface area contributed by atoms with Gasteiger partial charge in [-0.05, 0) is 37.1 Å². The van der Waals surface area contributed by atoms with Crippen LogP contribution in [-0.4, -0.2) is 33.1 Å². The van der Waals surface area contributed by atoms with Crippen LogP contribution in [0.2, 0.25) is 5.02 Å². The Balaban J connectivity index is 1.81. The van der Waals surface area contributed by atoms with Crippen molar-refractivity contribution in [2.24, 2.45) is 0 Å². The molecule has 0 saturated carbocycles. The zero-order valence-electron chi connectivity index (χ0n) is 15.8. The van der Waals surface area contributed by atoms with E-state index >= 15 is 0 Å². The number of hydrogen-bond acceptors (Lipinski definition) is 5. The second kappa shape index (κ2) is 9.43. The van der Waals surface area contributed by atoms with Crippen LogP contribution in [0.3, 0.4) is 0 Å². The summed E-state index contributed by atoms with van der Waals surface area (Å²) in [6.45, 7) is 1.68. The van der Waals surface area contributed by atoms with E-state index < -0.39 is 11.8 Å². The number of hydrogen-bond donors (Lipinski definition) is 0. The van der Waals surface area contributed by atoms with Crippen LogP contribution in [-0.2, 0) is 22.5 Å². The number of nitrogens with zero attached hydrogens (tertiary/aromatic N) is 3. The smallest absolute Gasteiger partial charge is 0.376 e. The molecule has 29 heavy (non-hydrogen) atoms. The van der Waals surface area contributed by atoms with Crippen molar-refractivity contribution in [3.05, 3.63) is 70.8 Å². The second-order valence-electron chi connectivity index (χ2n) is 6.29. The largest absolute Gasteiger partial charge is 0.460 e. The highest BCUT2D eigenvalue weighted by atomic mass is 35.5. The summed E-state index contributed by atoms with van der Waals surface area (Å²) in [4.78, 5) is 28.8. The fourth-order valence-corrected chi connectivity index (χ4v) is 2.85. The Labute approximate surface area is 172 Å². The monoisotopic (exact) mass is 415 g/mol. The molecule has 150 valence electrons. The molecule has 0 unspecified atom stereocenters. The van der Waals surface area contributed by atoms with E-state index in [9.17, 15) is 14.0 Å². The molecule has 0 aliphatic rings. The lowest BCUT2D eigenvalue weighted by molar-refractivity contribution is -0.119. The first-order valence-corrected chi connectivity index (χ1v) is 9.48. The molecule has 0 atom stereocenters. The molecule has 1 aromatic heterocycles. The third-order valence-corrected chi connectivity index (χ3v) is 4.48. The van der Waals surface area contributed by atoms with Gasteiger partial charge in [-0.25, -0.2) is 18.9 Å². The van der Waals surface area contributed by atoms with E-state index in [0.29, 0.717) is 12.0 Å². The number of aromatic nitrogens is 3. The van der Waals surface area contributed by atoms with Crippen LogP contribution in [0.25, 0.3) is 11.4 Å². The normalized spacial score (nSPS) is 10.7. The highest BCUT2D eigenvalue weighted by molar-refractivity contribution is 6.30. The highest BCUT2D eigenvalue weighted by Crippen LogP contribution is 2.22. The molecule has 0 bridgehead atoms. The Hall–Kier alpha value is -3.06. The quantitative estimate of drug-likeness (QED) is 0.517. The maximum Gasteiger partial charge on any atom is 0.376 e. The van der Waals surface area contributed by atoms with E-state index in [1.165, 1.54) is 22.9 Å². The standard InChI is InChI=1S/C21H19ClFN3O3/c1-2-29-21(28)20-24-19(15-9-11-17(22)18(23)12-15)25-26(20)13-16(27)10-8-14-6-4-3-5-7-14/h3-7,9,11-12H,2,8,10,13H2,1H3. The van der Waals surface area contributed by atoms with Crippen LogP contribution in [0.15, 0.2) is 48.5 Å². The lowest BCUT2D eigenvalue weighted by atomic mass is 10.1. The van der Waals surface area contributed by atoms with Crippen LogP contribution in [0.5, 0.6) is 0 Å². The Morgan fingerprint density at radius 2 is 1.93 bits per heavy atom. The fourth-order valence-electron chi connectivity index (χ4n) is 2.73. The summed E-state index contributed by atoms with van der Waals surface area (Å²) in [5.41, 5.74) is 1.38. The zero-order valence-corrected chi connectivity index (χ0v) is 16.5. The summed E-state index contributed by atoms with van der Waals surface area (Å²) in [5, 5.41) is 4.19. The SMILES string of the molecule is CCOC(=O)c1nc(-c2ccc(Cl)c(F)c2)nn1CC(=O)CCc1ccccc1. The number of aryl methyl sites for hydroxylation is 1. The first-order chi connectivity index (χ1) is 14.0. The predicted octanol–water partition coefficient (Wildman–Crippen LogP) is 4.12. The van der Waals surface area contributed by atoms with Crippen LogP contribution in [0, 0.1) is 5.82 Å². The topological polar surface area (TPSA) is 74.1 Å². The molecule has 0 aliphatic carbocycles. The second-order valence-corrected chi connectivity index (χ2v) is 6.70. The van der Waals surface area contributed by atoms with Gasteiger partial charge in [0.25, 0.3) is 0 Å². The third kappa shape index (κ3) is 5.26. The van der Waals surface area contributed by atoms with Crippen molar-refractivity contribution in [1.82, 2.24) is 14.8 Å². The molecule has 2 aromatic carbocycles. The number of ketones is 1. The molecule has 3 aromatic rings. The number of Topliss-reactive ketones (excluding diaryl/α,β-unsaturated/α-hetero) is 1. The summed E-state index contributed by atoms with van der Waals surface area (Å²) in [7, 11) is 0. The van der Waals surface area contributed by atoms with Gasteiger partial charge in [-0.3, -0.25) is 4.79 Å². The minimum Gasteiger partial charge on any atom is -0.460 e. The molecule has 0 fully saturated rings. The third-order valence-electron chi connectivity index (χ3n) is 4.17. The van der Waals surface area contributed by atoms with Gasteiger partial charge >= 0.3 is 5.97 Å². The van der Waals surface area contributed by atoms with E-state index in [1.54, 1.807) is 6.92 Å². The van der Waals surface area contributed by atoms with Crippen molar-refractivity contribution >= 4 is 23.4 Å². The number of carbonyl (C=O) groups is 2. The van der Waals surface area contributed by atoms with Crippen LogP contribution < -0.4 is 0 Å². The van der Waals surface area contributed by atoms with Crippen molar-refractivity contribution in [3.63, 3.8) is 0 Å². The fraction of sp³-hybridized carbons (Fsp3) is 0.238. The average molecular weight is 416 g/mol. The summed E-state index contributed by atoms with van der Waals surface area (Å²) in [5.74, 6) is -1.43. The molecule has 8 heteroatoms. The number of benzene rings is 2. The van der Waals surface area contributed by atoms with Gasteiger partial charge in [0, 0.05) is 12.0 Å². The summed E-state index contributed by atoms with van der Waals surface area (Å²) in [6, 6.07) is 13.7. The number of carbonyl (C=O) groups excluding carboxylic acids is 2. The minimum atomic E-state index is -0.698. The Morgan fingerprint density at radius 1 is 1.17 bits per heavy atom. The first kappa shape index (κ1) is 20.7. The predicted molar refractivity (Wildman–Crippen MR) is 106 cm³/mol. The van der Waals surface area contributed by atoms with Gasteiger partial charge in [-0.1, -0.05) is 41.9 Å². The van der Waals surface area contributed by atoms with E-state index in [4.69, 9.17) is 16.3 Å². The summed E-state index contributed by atoms with van der Waals surface area (Å²) < 4.78 is 20.0. The zero-order chi connectivity index (χ0) is 20.8. The lowest BCUT2D eigenvalue weighted by Gasteiger charge is -2.05. The van der Waals surface area contributed by atoms with Gasteiger partial charge in [0.1, 0.15) is 12.4 Å².